The van der Waals surface area contributed by atoms with E-state index in [2.05, 4.69) is 44.8 Å². The van der Waals surface area contributed by atoms with Crippen LogP contribution in [0.4, 0.5) is 0 Å². The van der Waals surface area contributed by atoms with Crippen molar-refractivity contribution in [1.82, 2.24) is 10.6 Å². The van der Waals surface area contributed by atoms with Gasteiger partial charge in [0, 0.05) is 16.4 Å². The second-order valence-corrected chi connectivity index (χ2v) is 7.31. The van der Waals surface area contributed by atoms with E-state index in [1.54, 1.807) is 18.4 Å². The average Bonchev–Trinajstić information content (AvgIpc) is 3.20. The van der Waals surface area contributed by atoms with Crippen molar-refractivity contribution in [2.75, 3.05) is 19.6 Å². The van der Waals surface area contributed by atoms with Crippen LogP contribution in [0.15, 0.2) is 56.5 Å². The van der Waals surface area contributed by atoms with Crippen molar-refractivity contribution in [3.63, 3.8) is 0 Å². The minimum atomic E-state index is -0.696. The maximum Gasteiger partial charge on any atom is 0.191 e. The molecular weight excluding hydrogens is 382 g/mol. The fourth-order valence-electron chi connectivity index (χ4n) is 2.85. The summed E-state index contributed by atoms with van der Waals surface area (Å²) in [6.07, 6.45) is 3.17. The van der Waals surface area contributed by atoms with Crippen LogP contribution >= 0.6 is 15.9 Å². The van der Waals surface area contributed by atoms with Crippen LogP contribution in [0.3, 0.4) is 0 Å². The van der Waals surface area contributed by atoms with E-state index in [0.717, 1.165) is 36.4 Å². The van der Waals surface area contributed by atoms with Crippen LogP contribution in [-0.4, -0.2) is 30.7 Å². The van der Waals surface area contributed by atoms with Crippen molar-refractivity contribution in [3.05, 3.63) is 58.5 Å². The highest BCUT2D eigenvalue weighted by molar-refractivity contribution is 9.10. The largest absolute Gasteiger partial charge is 0.467 e. The molecule has 1 heterocycles. The van der Waals surface area contributed by atoms with E-state index < -0.39 is 6.10 Å². The summed E-state index contributed by atoms with van der Waals surface area (Å²) in [5, 5.41) is 16.6. The molecule has 6 heteroatoms. The predicted octanol–water partition coefficient (Wildman–Crippen LogP) is 3.36. The van der Waals surface area contributed by atoms with Crippen LogP contribution in [-0.2, 0) is 5.41 Å². The van der Waals surface area contributed by atoms with Crippen LogP contribution < -0.4 is 10.6 Å². The minimum absolute atomic E-state index is 0.145. The molecule has 3 rings (SSSR count). The number of nitrogens with zero attached hydrogens (tertiary/aromatic N) is 1. The van der Waals surface area contributed by atoms with E-state index >= 15 is 0 Å². The number of halogens is 1. The molecule has 1 aromatic carbocycles. The summed E-state index contributed by atoms with van der Waals surface area (Å²) in [5.74, 6) is 1.27. The van der Waals surface area contributed by atoms with Gasteiger partial charge in [-0.15, -0.1) is 0 Å². The second-order valence-electron chi connectivity index (χ2n) is 6.40. The second kappa shape index (κ2) is 8.06. The molecule has 1 aromatic heterocycles. The van der Waals surface area contributed by atoms with Crippen molar-refractivity contribution < 1.29 is 9.52 Å². The first kappa shape index (κ1) is 18.0. The monoisotopic (exact) mass is 405 g/mol. The molecule has 0 bridgehead atoms. The molecule has 0 aliphatic heterocycles. The van der Waals surface area contributed by atoms with Crippen LogP contribution in [0.2, 0.25) is 0 Å². The van der Waals surface area contributed by atoms with Gasteiger partial charge in [0.05, 0.1) is 19.4 Å². The van der Waals surface area contributed by atoms with Gasteiger partial charge in [-0.05, 0) is 49.6 Å². The van der Waals surface area contributed by atoms with Gasteiger partial charge >= 0.3 is 0 Å². The third-order valence-corrected chi connectivity index (χ3v) is 5.00. The first-order valence-electron chi connectivity index (χ1n) is 8.63. The lowest BCUT2D eigenvalue weighted by Crippen LogP contribution is -2.40. The zero-order valence-electron chi connectivity index (χ0n) is 14.3. The lowest BCUT2D eigenvalue weighted by Gasteiger charge is -2.17. The number of rotatable bonds is 7. The number of hydrogen-bond acceptors (Lipinski definition) is 3. The van der Waals surface area contributed by atoms with Crippen LogP contribution in [0.25, 0.3) is 0 Å². The van der Waals surface area contributed by atoms with Gasteiger partial charge in [0.2, 0.25) is 0 Å². The maximum atomic E-state index is 10.1. The normalized spacial score (nSPS) is 17.2. The summed E-state index contributed by atoms with van der Waals surface area (Å²) >= 11 is 3.55. The van der Waals surface area contributed by atoms with Gasteiger partial charge in [-0.1, -0.05) is 28.1 Å². The number of hydrogen-bond donors (Lipinski definition) is 3. The summed E-state index contributed by atoms with van der Waals surface area (Å²) in [6.45, 7) is 3.88. The Morgan fingerprint density at radius 3 is 2.80 bits per heavy atom. The minimum Gasteiger partial charge on any atom is -0.467 e. The SMILES string of the molecule is CCNC(=NCC1(c2cccc(Br)c2)CC1)NCC(O)c1ccco1. The number of aliphatic hydroxyl groups excluding tert-OH is 1. The quantitative estimate of drug-likeness (QED) is 0.487. The van der Waals surface area contributed by atoms with Crippen molar-refractivity contribution in [2.24, 2.45) is 4.99 Å². The Hall–Kier alpha value is -1.79. The zero-order chi connectivity index (χ0) is 17.7. The standard InChI is InChI=1S/C19H24BrN3O2/c1-2-21-18(22-12-16(24)17-7-4-10-25-17)23-13-19(8-9-19)14-5-3-6-15(20)11-14/h3-7,10-11,16,24H,2,8-9,12-13H2,1H3,(H2,21,22,23). The molecule has 0 amide bonds. The molecule has 1 atom stereocenters. The smallest absolute Gasteiger partial charge is 0.191 e. The molecule has 1 unspecified atom stereocenters. The predicted molar refractivity (Wildman–Crippen MR) is 103 cm³/mol. The highest BCUT2D eigenvalue weighted by atomic mass is 79.9. The molecule has 2 aromatic rings. The molecule has 134 valence electrons. The number of furan rings is 1. The van der Waals surface area contributed by atoms with Gasteiger partial charge in [0.25, 0.3) is 0 Å². The maximum absolute atomic E-state index is 10.1. The molecule has 1 aliphatic carbocycles. The Labute approximate surface area is 156 Å². The molecule has 0 spiro atoms. The summed E-state index contributed by atoms with van der Waals surface area (Å²) in [6, 6.07) is 12.0. The Kier molecular flexibility index (Phi) is 5.81. The number of guanidine groups is 1. The summed E-state index contributed by atoms with van der Waals surface area (Å²) in [5.41, 5.74) is 1.48. The zero-order valence-corrected chi connectivity index (χ0v) is 15.9. The van der Waals surface area contributed by atoms with E-state index in [9.17, 15) is 5.11 Å². The van der Waals surface area contributed by atoms with Crippen molar-refractivity contribution in [3.8, 4) is 0 Å². The third kappa shape index (κ3) is 4.64. The molecule has 0 saturated heterocycles. The van der Waals surface area contributed by atoms with Gasteiger partial charge in [0.1, 0.15) is 11.9 Å². The number of nitrogens with one attached hydrogen (secondary N) is 2. The van der Waals surface area contributed by atoms with E-state index in [0.29, 0.717) is 12.3 Å². The van der Waals surface area contributed by atoms with E-state index in [1.165, 1.54) is 5.56 Å². The lowest BCUT2D eigenvalue weighted by atomic mass is 9.96. The molecular formula is C19H24BrN3O2. The fourth-order valence-corrected chi connectivity index (χ4v) is 3.25. The highest BCUT2D eigenvalue weighted by Crippen LogP contribution is 2.48. The Morgan fingerprint density at radius 2 is 2.16 bits per heavy atom. The summed E-state index contributed by atoms with van der Waals surface area (Å²) < 4.78 is 6.33. The Balaban J connectivity index is 1.62. The fraction of sp³-hybridized carbons (Fsp3) is 0.421. The molecule has 5 nitrogen and oxygen atoms in total. The van der Waals surface area contributed by atoms with Gasteiger partial charge in [-0.2, -0.15) is 0 Å². The molecule has 0 radical (unpaired) electrons. The van der Waals surface area contributed by atoms with Crippen LogP contribution in [0.5, 0.6) is 0 Å². The van der Waals surface area contributed by atoms with E-state index in [1.807, 2.05) is 13.0 Å². The summed E-state index contributed by atoms with van der Waals surface area (Å²) in [7, 11) is 0. The Bertz CT molecular complexity index is 711. The average molecular weight is 406 g/mol. The molecule has 3 N–H and O–H groups in total. The van der Waals surface area contributed by atoms with Gasteiger partial charge < -0.3 is 20.2 Å². The van der Waals surface area contributed by atoms with Crippen molar-refractivity contribution >= 4 is 21.9 Å². The number of aliphatic imine (C=N–C) groups is 1. The van der Waals surface area contributed by atoms with E-state index in [4.69, 9.17) is 9.41 Å². The molecule has 1 aliphatic rings. The van der Waals surface area contributed by atoms with Gasteiger partial charge in [-0.3, -0.25) is 4.99 Å². The molecule has 25 heavy (non-hydrogen) atoms. The van der Waals surface area contributed by atoms with Gasteiger partial charge in [-0.25, -0.2) is 0 Å². The summed E-state index contributed by atoms with van der Waals surface area (Å²) in [4.78, 5) is 4.74. The lowest BCUT2D eigenvalue weighted by molar-refractivity contribution is 0.153. The Morgan fingerprint density at radius 1 is 1.32 bits per heavy atom. The first-order chi connectivity index (χ1) is 12.1. The van der Waals surface area contributed by atoms with Gasteiger partial charge in [0.15, 0.2) is 5.96 Å². The molecule has 1 saturated carbocycles. The number of benzene rings is 1. The van der Waals surface area contributed by atoms with Crippen LogP contribution in [0, 0.1) is 0 Å². The topological polar surface area (TPSA) is 69.8 Å². The number of aliphatic hydroxyl groups is 1. The molecule has 1 fully saturated rings. The third-order valence-electron chi connectivity index (χ3n) is 4.51. The van der Waals surface area contributed by atoms with E-state index in [-0.39, 0.29) is 5.41 Å². The first-order valence-corrected chi connectivity index (χ1v) is 9.42. The van der Waals surface area contributed by atoms with Crippen molar-refractivity contribution in [2.45, 2.75) is 31.3 Å². The van der Waals surface area contributed by atoms with Crippen LogP contribution in [0.1, 0.15) is 37.2 Å². The van der Waals surface area contributed by atoms with Crippen molar-refractivity contribution in [1.29, 1.82) is 0 Å². The highest BCUT2D eigenvalue weighted by Gasteiger charge is 2.44.